The summed E-state index contributed by atoms with van der Waals surface area (Å²) in [6, 6.07) is 14.5. The SMILES string of the molecule is COc1ccc([C@H](CNc2cc(-c3ccnc(N4CCOCC4)c3)nc(C)n2)N(C)C)cc1. The van der Waals surface area contributed by atoms with Crippen molar-refractivity contribution in [3.05, 3.63) is 60.0 Å². The van der Waals surface area contributed by atoms with Gasteiger partial charge in [0.2, 0.25) is 0 Å². The van der Waals surface area contributed by atoms with E-state index in [-0.39, 0.29) is 6.04 Å². The van der Waals surface area contributed by atoms with Gasteiger partial charge >= 0.3 is 0 Å². The second-order valence-corrected chi connectivity index (χ2v) is 8.32. The minimum atomic E-state index is 0.184. The summed E-state index contributed by atoms with van der Waals surface area (Å²) < 4.78 is 10.8. The fourth-order valence-electron chi connectivity index (χ4n) is 3.98. The van der Waals surface area contributed by atoms with Gasteiger partial charge in [0.15, 0.2) is 0 Å². The van der Waals surface area contributed by atoms with Crippen molar-refractivity contribution in [3.63, 3.8) is 0 Å². The highest BCUT2D eigenvalue weighted by Gasteiger charge is 2.16. The molecule has 1 atom stereocenters. The molecular weight excluding hydrogens is 416 g/mol. The molecule has 0 radical (unpaired) electrons. The van der Waals surface area contributed by atoms with E-state index in [1.54, 1.807) is 7.11 Å². The molecule has 4 rings (SSSR count). The monoisotopic (exact) mass is 448 g/mol. The zero-order chi connectivity index (χ0) is 23.2. The van der Waals surface area contributed by atoms with Gasteiger partial charge in [-0.25, -0.2) is 15.0 Å². The summed E-state index contributed by atoms with van der Waals surface area (Å²) in [5.74, 6) is 3.34. The van der Waals surface area contributed by atoms with Crippen LogP contribution in [0.4, 0.5) is 11.6 Å². The molecule has 0 amide bonds. The van der Waals surface area contributed by atoms with Gasteiger partial charge in [-0.15, -0.1) is 0 Å². The molecule has 0 unspecified atom stereocenters. The third-order valence-electron chi connectivity index (χ3n) is 5.81. The highest BCUT2D eigenvalue weighted by atomic mass is 16.5. The zero-order valence-electron chi connectivity index (χ0n) is 19.8. The maximum Gasteiger partial charge on any atom is 0.130 e. The smallest absolute Gasteiger partial charge is 0.130 e. The largest absolute Gasteiger partial charge is 0.497 e. The summed E-state index contributed by atoms with van der Waals surface area (Å²) >= 11 is 0. The maximum atomic E-state index is 5.47. The van der Waals surface area contributed by atoms with Crippen LogP contribution in [0.2, 0.25) is 0 Å². The van der Waals surface area contributed by atoms with Crippen molar-refractivity contribution in [2.75, 3.05) is 64.3 Å². The van der Waals surface area contributed by atoms with Gasteiger partial charge in [0.05, 0.1) is 32.1 Å². The summed E-state index contributed by atoms with van der Waals surface area (Å²) in [7, 11) is 5.84. The molecule has 0 bridgehead atoms. The normalized spacial score (nSPS) is 14.9. The summed E-state index contributed by atoms with van der Waals surface area (Å²) in [6.07, 6.45) is 1.84. The number of rotatable bonds is 8. The standard InChI is InChI=1S/C25H32N6O2/c1-18-28-22(20-9-10-26-25(15-20)31-11-13-33-14-12-31)16-24(29-18)27-17-23(30(2)3)19-5-7-21(32-4)8-6-19/h5-10,15-16,23H,11-14,17H2,1-4H3,(H,27,28,29)/t23-/m0/s1. The Kier molecular flexibility index (Phi) is 7.36. The van der Waals surface area contributed by atoms with E-state index in [1.165, 1.54) is 5.56 Å². The van der Waals surface area contributed by atoms with Crippen molar-refractivity contribution in [1.82, 2.24) is 19.9 Å². The number of ether oxygens (including phenoxy) is 2. The molecule has 1 saturated heterocycles. The number of aromatic nitrogens is 3. The molecule has 2 aromatic heterocycles. The van der Waals surface area contributed by atoms with Crippen LogP contribution in [0, 0.1) is 6.92 Å². The minimum absolute atomic E-state index is 0.184. The van der Waals surface area contributed by atoms with Gasteiger partial charge in [0.25, 0.3) is 0 Å². The van der Waals surface area contributed by atoms with Gasteiger partial charge in [0.1, 0.15) is 23.2 Å². The lowest BCUT2D eigenvalue weighted by Crippen LogP contribution is -2.36. The van der Waals surface area contributed by atoms with E-state index in [4.69, 9.17) is 9.47 Å². The molecule has 3 heterocycles. The van der Waals surface area contributed by atoms with Gasteiger partial charge in [-0.1, -0.05) is 12.1 Å². The number of morpholine rings is 1. The van der Waals surface area contributed by atoms with Crippen molar-refractivity contribution >= 4 is 11.6 Å². The average Bonchev–Trinajstić information content (AvgIpc) is 2.84. The van der Waals surface area contributed by atoms with E-state index in [0.717, 1.165) is 60.8 Å². The highest BCUT2D eigenvalue weighted by Crippen LogP contribution is 2.25. The Morgan fingerprint density at radius 3 is 2.55 bits per heavy atom. The molecular formula is C25H32N6O2. The molecule has 1 aromatic carbocycles. The van der Waals surface area contributed by atoms with Crippen LogP contribution in [0.3, 0.4) is 0 Å². The van der Waals surface area contributed by atoms with Gasteiger partial charge in [-0.05, 0) is 50.8 Å². The van der Waals surface area contributed by atoms with Crippen molar-refractivity contribution in [1.29, 1.82) is 0 Å². The molecule has 0 aliphatic carbocycles. The van der Waals surface area contributed by atoms with Crippen LogP contribution in [0.1, 0.15) is 17.4 Å². The summed E-state index contributed by atoms with van der Waals surface area (Å²) in [5.41, 5.74) is 3.12. The number of aryl methyl sites for hydroxylation is 1. The van der Waals surface area contributed by atoms with Crippen LogP contribution >= 0.6 is 0 Å². The molecule has 1 aliphatic heterocycles. The van der Waals surface area contributed by atoms with E-state index >= 15 is 0 Å². The van der Waals surface area contributed by atoms with Gasteiger partial charge in [-0.2, -0.15) is 0 Å². The second-order valence-electron chi connectivity index (χ2n) is 8.32. The Morgan fingerprint density at radius 1 is 1.09 bits per heavy atom. The summed E-state index contributed by atoms with van der Waals surface area (Å²) in [6.45, 7) is 5.80. The molecule has 33 heavy (non-hydrogen) atoms. The number of hydrogen-bond donors (Lipinski definition) is 1. The Morgan fingerprint density at radius 2 is 1.85 bits per heavy atom. The Labute approximate surface area is 195 Å². The average molecular weight is 449 g/mol. The van der Waals surface area contributed by atoms with E-state index in [2.05, 4.69) is 62.4 Å². The van der Waals surface area contributed by atoms with Gasteiger partial charge < -0.3 is 24.6 Å². The topological polar surface area (TPSA) is 75.6 Å². The fourth-order valence-corrected chi connectivity index (χ4v) is 3.98. The molecule has 1 aliphatic rings. The van der Waals surface area contributed by atoms with Crippen LogP contribution in [-0.2, 0) is 4.74 Å². The number of hydrogen-bond acceptors (Lipinski definition) is 8. The lowest BCUT2D eigenvalue weighted by Gasteiger charge is -2.28. The number of benzene rings is 1. The fraction of sp³-hybridized carbons (Fsp3) is 0.400. The Balaban J connectivity index is 1.52. The van der Waals surface area contributed by atoms with Crippen LogP contribution in [-0.4, -0.2) is 73.9 Å². The number of anilines is 2. The van der Waals surface area contributed by atoms with Gasteiger partial charge in [-0.3, -0.25) is 0 Å². The second kappa shape index (κ2) is 10.6. The van der Waals surface area contributed by atoms with Crippen LogP contribution in [0.5, 0.6) is 5.75 Å². The number of likely N-dealkylation sites (N-methyl/N-ethyl adjacent to an activating group) is 1. The number of nitrogens with zero attached hydrogens (tertiary/aromatic N) is 5. The molecule has 0 saturated carbocycles. The number of methoxy groups -OCH3 is 1. The lowest BCUT2D eigenvalue weighted by molar-refractivity contribution is 0.122. The van der Waals surface area contributed by atoms with Crippen molar-refractivity contribution in [2.45, 2.75) is 13.0 Å². The Hall–Kier alpha value is -3.23. The van der Waals surface area contributed by atoms with Gasteiger partial charge in [0, 0.05) is 37.5 Å². The number of pyridine rings is 1. The predicted octanol–water partition coefficient (Wildman–Crippen LogP) is 3.41. The van der Waals surface area contributed by atoms with E-state index in [0.29, 0.717) is 6.54 Å². The highest BCUT2D eigenvalue weighted by molar-refractivity contribution is 5.65. The first kappa shape index (κ1) is 22.9. The molecule has 1 fully saturated rings. The first-order valence-corrected chi connectivity index (χ1v) is 11.2. The Bertz CT molecular complexity index is 1050. The lowest BCUT2D eigenvalue weighted by atomic mass is 10.1. The van der Waals surface area contributed by atoms with Crippen molar-refractivity contribution in [2.24, 2.45) is 0 Å². The quantitative estimate of drug-likeness (QED) is 0.562. The third kappa shape index (κ3) is 5.77. The van der Waals surface area contributed by atoms with Crippen LogP contribution in [0.15, 0.2) is 48.7 Å². The summed E-state index contributed by atoms with van der Waals surface area (Å²) in [4.78, 5) is 18.3. The molecule has 8 nitrogen and oxygen atoms in total. The van der Waals surface area contributed by atoms with Crippen molar-refractivity contribution < 1.29 is 9.47 Å². The molecule has 8 heteroatoms. The minimum Gasteiger partial charge on any atom is -0.497 e. The first-order chi connectivity index (χ1) is 16.0. The van der Waals surface area contributed by atoms with E-state index < -0.39 is 0 Å². The van der Waals surface area contributed by atoms with E-state index in [9.17, 15) is 0 Å². The molecule has 174 valence electrons. The predicted molar refractivity (Wildman–Crippen MR) is 131 cm³/mol. The van der Waals surface area contributed by atoms with Crippen LogP contribution in [0.25, 0.3) is 11.3 Å². The molecule has 1 N–H and O–H groups in total. The van der Waals surface area contributed by atoms with Crippen LogP contribution < -0.4 is 15.0 Å². The number of nitrogens with one attached hydrogen (secondary N) is 1. The van der Waals surface area contributed by atoms with E-state index in [1.807, 2.05) is 37.4 Å². The first-order valence-electron chi connectivity index (χ1n) is 11.2. The third-order valence-corrected chi connectivity index (χ3v) is 5.81. The summed E-state index contributed by atoms with van der Waals surface area (Å²) in [5, 5.41) is 3.52. The maximum absolute atomic E-state index is 5.47. The molecule has 0 spiro atoms. The zero-order valence-corrected chi connectivity index (χ0v) is 19.8. The molecule has 3 aromatic rings. The van der Waals surface area contributed by atoms with Crippen molar-refractivity contribution in [3.8, 4) is 17.0 Å².